The number of nitrogens with zero attached hydrogens (tertiary/aromatic N) is 2. The number of carbonyl (C=O) groups is 2. The molecule has 1 aromatic heterocycles. The Morgan fingerprint density at radius 1 is 1.30 bits per heavy atom. The molecule has 1 aromatic carbocycles. The van der Waals surface area contributed by atoms with Gasteiger partial charge in [-0.05, 0) is 6.92 Å². The molecule has 2 aromatic rings. The molecule has 7 heteroatoms. The number of hydrogen-bond acceptors (Lipinski definition) is 5. The summed E-state index contributed by atoms with van der Waals surface area (Å²) >= 11 is 0. The minimum Gasteiger partial charge on any atom is -0.443 e. The summed E-state index contributed by atoms with van der Waals surface area (Å²) in [7, 11) is 0. The first-order valence-corrected chi connectivity index (χ1v) is 7.29. The Hall–Kier alpha value is -2.96. The predicted octanol–water partition coefficient (Wildman–Crippen LogP) is 1.53. The van der Waals surface area contributed by atoms with Crippen LogP contribution in [0.3, 0.4) is 0 Å². The van der Waals surface area contributed by atoms with Crippen molar-refractivity contribution in [3.8, 4) is 11.3 Å². The number of rotatable bonds is 4. The van der Waals surface area contributed by atoms with E-state index >= 15 is 0 Å². The molecule has 0 spiro atoms. The van der Waals surface area contributed by atoms with Gasteiger partial charge in [0.2, 0.25) is 11.8 Å². The lowest BCUT2D eigenvalue weighted by atomic mass is 10.1. The molecule has 2 N–H and O–H groups in total. The third-order valence-electron chi connectivity index (χ3n) is 3.45. The third-order valence-corrected chi connectivity index (χ3v) is 3.45. The second-order valence-corrected chi connectivity index (χ2v) is 5.15. The summed E-state index contributed by atoms with van der Waals surface area (Å²) in [5, 5.41) is 6.45. The van der Waals surface area contributed by atoms with Crippen molar-refractivity contribution in [2.24, 2.45) is 5.10 Å². The van der Waals surface area contributed by atoms with Gasteiger partial charge in [-0.2, -0.15) is 5.10 Å². The summed E-state index contributed by atoms with van der Waals surface area (Å²) < 4.78 is 5.59. The highest BCUT2D eigenvalue weighted by atomic mass is 16.4. The summed E-state index contributed by atoms with van der Waals surface area (Å²) in [5.74, 6) is 0.609. The minimum absolute atomic E-state index is 0.166. The van der Waals surface area contributed by atoms with E-state index in [0.29, 0.717) is 23.8 Å². The van der Waals surface area contributed by atoms with Crippen molar-refractivity contribution in [1.82, 2.24) is 15.7 Å². The molecular formula is C16H16N4O3. The predicted molar refractivity (Wildman–Crippen MR) is 83.3 cm³/mol. The molecule has 0 atom stereocenters. The van der Waals surface area contributed by atoms with E-state index in [1.54, 1.807) is 0 Å². The van der Waals surface area contributed by atoms with Crippen LogP contribution in [-0.2, 0) is 16.1 Å². The summed E-state index contributed by atoms with van der Waals surface area (Å²) in [6.07, 6.45) is 0.597. The fourth-order valence-electron chi connectivity index (χ4n) is 2.29. The normalized spacial score (nSPS) is 14.1. The second kappa shape index (κ2) is 6.43. The Kier molecular flexibility index (Phi) is 4.18. The zero-order valence-corrected chi connectivity index (χ0v) is 12.6. The molecule has 23 heavy (non-hydrogen) atoms. The Labute approximate surface area is 132 Å². The molecule has 118 valence electrons. The van der Waals surface area contributed by atoms with Crippen LogP contribution < -0.4 is 10.7 Å². The van der Waals surface area contributed by atoms with E-state index in [4.69, 9.17) is 4.42 Å². The Bertz CT molecular complexity index is 765. The zero-order chi connectivity index (χ0) is 16.2. The quantitative estimate of drug-likeness (QED) is 0.894. The highest BCUT2D eigenvalue weighted by Gasteiger charge is 2.19. The van der Waals surface area contributed by atoms with Crippen LogP contribution >= 0.6 is 0 Å². The monoisotopic (exact) mass is 312 g/mol. The molecule has 0 saturated heterocycles. The maximum Gasteiger partial charge on any atom is 0.267 e. The largest absolute Gasteiger partial charge is 0.443 e. The van der Waals surface area contributed by atoms with Gasteiger partial charge in [0, 0.05) is 18.4 Å². The van der Waals surface area contributed by atoms with E-state index in [1.807, 2.05) is 37.3 Å². The molecule has 2 heterocycles. The summed E-state index contributed by atoms with van der Waals surface area (Å²) in [6.45, 7) is 2.00. The number of carbonyl (C=O) groups excluding carboxylic acids is 2. The molecule has 0 fully saturated rings. The van der Waals surface area contributed by atoms with Crippen LogP contribution in [0.1, 0.15) is 24.5 Å². The average Bonchev–Trinajstić information content (AvgIpc) is 2.95. The summed E-state index contributed by atoms with van der Waals surface area (Å²) in [6, 6.07) is 9.70. The fraction of sp³-hybridized carbons (Fsp3) is 0.250. The molecule has 0 bridgehead atoms. The second-order valence-electron chi connectivity index (χ2n) is 5.15. The van der Waals surface area contributed by atoms with Gasteiger partial charge in [-0.1, -0.05) is 30.3 Å². The van der Waals surface area contributed by atoms with Crippen LogP contribution in [0.2, 0.25) is 0 Å². The first kappa shape index (κ1) is 15.0. The van der Waals surface area contributed by atoms with Crippen LogP contribution in [0.5, 0.6) is 0 Å². The van der Waals surface area contributed by atoms with Gasteiger partial charge in [0.05, 0.1) is 6.54 Å². The van der Waals surface area contributed by atoms with Crippen LogP contribution in [0, 0.1) is 6.92 Å². The van der Waals surface area contributed by atoms with E-state index in [9.17, 15) is 9.59 Å². The number of oxazole rings is 1. The van der Waals surface area contributed by atoms with E-state index in [2.05, 4.69) is 20.8 Å². The molecule has 0 unspecified atom stereocenters. The van der Waals surface area contributed by atoms with Crippen molar-refractivity contribution in [3.05, 3.63) is 42.0 Å². The third kappa shape index (κ3) is 3.45. The van der Waals surface area contributed by atoms with Crippen LogP contribution in [0.25, 0.3) is 11.3 Å². The van der Waals surface area contributed by atoms with E-state index < -0.39 is 0 Å². The van der Waals surface area contributed by atoms with Crippen LogP contribution in [0.15, 0.2) is 39.9 Å². The van der Waals surface area contributed by atoms with Crippen molar-refractivity contribution in [1.29, 1.82) is 0 Å². The smallest absolute Gasteiger partial charge is 0.267 e. The van der Waals surface area contributed by atoms with E-state index in [1.165, 1.54) is 0 Å². The first-order valence-electron chi connectivity index (χ1n) is 7.29. The zero-order valence-electron chi connectivity index (χ0n) is 12.6. The first-order chi connectivity index (χ1) is 11.1. The number of nitrogens with one attached hydrogen (secondary N) is 2. The lowest BCUT2D eigenvalue weighted by Gasteiger charge is -2.10. The number of aryl methyl sites for hydroxylation is 1. The van der Waals surface area contributed by atoms with E-state index in [-0.39, 0.29) is 24.8 Å². The number of benzene rings is 1. The van der Waals surface area contributed by atoms with Crippen molar-refractivity contribution < 1.29 is 14.0 Å². The maximum atomic E-state index is 12.0. The van der Waals surface area contributed by atoms with Gasteiger partial charge in [-0.3, -0.25) is 9.59 Å². The van der Waals surface area contributed by atoms with Crippen molar-refractivity contribution in [3.63, 3.8) is 0 Å². The highest BCUT2D eigenvalue weighted by Crippen LogP contribution is 2.22. The molecule has 0 saturated carbocycles. The number of amides is 2. The molecular weight excluding hydrogens is 296 g/mol. The molecule has 2 amide bonds. The summed E-state index contributed by atoms with van der Waals surface area (Å²) in [5.41, 5.74) is 4.32. The van der Waals surface area contributed by atoms with Gasteiger partial charge in [-0.15, -0.1) is 0 Å². The van der Waals surface area contributed by atoms with Crippen molar-refractivity contribution in [2.75, 3.05) is 0 Å². The maximum absolute atomic E-state index is 12.0. The number of hydrazone groups is 1. The molecule has 0 radical (unpaired) electrons. The SMILES string of the molecule is Cc1oc(CNC(=O)C2=NNC(=O)CC2)nc1-c1ccccc1. The molecule has 3 rings (SSSR count). The molecule has 0 aliphatic carbocycles. The van der Waals surface area contributed by atoms with Crippen LogP contribution in [-0.4, -0.2) is 22.5 Å². The standard InChI is InChI=1S/C16H16N4O3/c1-10-15(11-5-3-2-4-6-11)18-14(23-10)9-17-16(22)12-7-8-13(21)20-19-12/h2-6H,7-9H2,1H3,(H,17,22)(H,20,21). The topological polar surface area (TPSA) is 96.6 Å². The molecule has 1 aliphatic heterocycles. The van der Waals surface area contributed by atoms with Gasteiger partial charge in [-0.25, -0.2) is 10.4 Å². The summed E-state index contributed by atoms with van der Waals surface area (Å²) in [4.78, 5) is 27.4. The highest BCUT2D eigenvalue weighted by molar-refractivity contribution is 6.39. The van der Waals surface area contributed by atoms with Crippen molar-refractivity contribution in [2.45, 2.75) is 26.3 Å². The van der Waals surface area contributed by atoms with Crippen LogP contribution in [0.4, 0.5) is 0 Å². The lowest BCUT2D eigenvalue weighted by molar-refractivity contribution is -0.121. The fourth-order valence-corrected chi connectivity index (χ4v) is 2.29. The number of aromatic nitrogens is 1. The Morgan fingerprint density at radius 3 is 2.78 bits per heavy atom. The Balaban J connectivity index is 1.65. The lowest BCUT2D eigenvalue weighted by Crippen LogP contribution is -2.36. The van der Waals surface area contributed by atoms with Gasteiger partial charge in [0.1, 0.15) is 17.2 Å². The average molecular weight is 312 g/mol. The van der Waals surface area contributed by atoms with E-state index in [0.717, 1.165) is 11.3 Å². The van der Waals surface area contributed by atoms with Gasteiger partial charge in [0.25, 0.3) is 5.91 Å². The van der Waals surface area contributed by atoms with Gasteiger partial charge < -0.3 is 9.73 Å². The molecule has 7 nitrogen and oxygen atoms in total. The number of hydrogen-bond donors (Lipinski definition) is 2. The van der Waals surface area contributed by atoms with Gasteiger partial charge >= 0.3 is 0 Å². The minimum atomic E-state index is -0.331. The molecule has 1 aliphatic rings. The van der Waals surface area contributed by atoms with Gasteiger partial charge in [0.15, 0.2) is 0 Å². The van der Waals surface area contributed by atoms with Crippen molar-refractivity contribution >= 4 is 17.5 Å². The Morgan fingerprint density at radius 2 is 2.09 bits per heavy atom.